The highest BCUT2D eigenvalue weighted by Gasteiger charge is 2.23. The second-order valence-electron chi connectivity index (χ2n) is 9.18. The number of benzene rings is 2. The van der Waals surface area contributed by atoms with Crippen molar-refractivity contribution in [2.24, 2.45) is 5.73 Å². The van der Waals surface area contributed by atoms with Crippen LogP contribution in [0.1, 0.15) is 58.3 Å². The number of primary amides is 1. The Hall–Kier alpha value is -4.14. The van der Waals surface area contributed by atoms with Crippen molar-refractivity contribution < 1.29 is 19.1 Å². The molecule has 0 bridgehead atoms. The van der Waals surface area contributed by atoms with Crippen LogP contribution in [0.3, 0.4) is 0 Å². The monoisotopic (exact) mass is 503 g/mol. The van der Waals surface area contributed by atoms with Crippen LogP contribution in [0.2, 0.25) is 0 Å². The van der Waals surface area contributed by atoms with Gasteiger partial charge in [-0.25, -0.2) is 4.68 Å². The van der Waals surface area contributed by atoms with E-state index in [2.05, 4.69) is 11.2 Å². The summed E-state index contributed by atoms with van der Waals surface area (Å²) in [5.41, 5.74) is 10.1. The number of hydrogen-bond donors (Lipinski definition) is 1. The Bertz CT molecular complexity index is 1300. The molecule has 4 rings (SSSR count). The smallest absolute Gasteiger partial charge is 0.269 e. The van der Waals surface area contributed by atoms with Crippen LogP contribution in [0.15, 0.2) is 42.5 Å². The predicted molar refractivity (Wildman–Crippen MR) is 143 cm³/mol. The van der Waals surface area contributed by atoms with Crippen LogP contribution >= 0.6 is 0 Å². The van der Waals surface area contributed by atoms with Gasteiger partial charge in [0.2, 0.25) is 5.91 Å². The number of carbonyl (C=O) groups excluding carboxylic acids is 3. The number of hydrogen-bond acceptors (Lipinski definition) is 6. The van der Waals surface area contributed by atoms with Crippen molar-refractivity contribution in [1.82, 2.24) is 9.78 Å². The van der Waals surface area contributed by atoms with E-state index in [1.165, 1.54) is 4.68 Å². The maximum atomic E-state index is 12.4. The molecule has 2 N–H and O–H groups in total. The van der Waals surface area contributed by atoms with E-state index in [0.29, 0.717) is 55.0 Å². The van der Waals surface area contributed by atoms with Crippen LogP contribution in [0.5, 0.6) is 5.75 Å². The number of likely N-dealkylation sites (N-methyl/N-ethyl adjacent to an activating group) is 1. The molecule has 0 unspecified atom stereocenters. The van der Waals surface area contributed by atoms with Gasteiger partial charge < -0.3 is 20.3 Å². The molecule has 0 atom stereocenters. The van der Waals surface area contributed by atoms with Crippen molar-refractivity contribution in [1.29, 1.82) is 0 Å². The molecule has 1 aliphatic heterocycles. The van der Waals surface area contributed by atoms with Gasteiger partial charge in [0.15, 0.2) is 12.0 Å². The van der Waals surface area contributed by atoms with E-state index >= 15 is 0 Å². The number of aryl methyl sites for hydroxylation is 1. The van der Waals surface area contributed by atoms with Gasteiger partial charge in [0, 0.05) is 43.5 Å². The molecule has 0 saturated carbocycles. The Morgan fingerprint density at radius 1 is 1.19 bits per heavy atom. The zero-order chi connectivity index (χ0) is 26.5. The summed E-state index contributed by atoms with van der Waals surface area (Å²) in [5.74, 6) is 0.186. The maximum Gasteiger partial charge on any atom is 0.269 e. The van der Waals surface area contributed by atoms with E-state index in [9.17, 15) is 14.4 Å². The maximum absolute atomic E-state index is 12.4. The van der Waals surface area contributed by atoms with E-state index in [0.717, 1.165) is 36.3 Å². The number of rotatable bonds is 10. The van der Waals surface area contributed by atoms with Gasteiger partial charge in [-0.2, -0.15) is 5.10 Å². The minimum Gasteiger partial charge on any atom is -0.494 e. The molecule has 9 heteroatoms. The molecule has 1 aromatic heterocycles. The molecular formula is C28H33N5O4. The van der Waals surface area contributed by atoms with Gasteiger partial charge in [0.1, 0.15) is 11.4 Å². The van der Waals surface area contributed by atoms with E-state index in [1.54, 1.807) is 24.3 Å². The van der Waals surface area contributed by atoms with Crippen LogP contribution in [-0.2, 0) is 11.2 Å². The summed E-state index contributed by atoms with van der Waals surface area (Å²) in [6.45, 7) is 5.72. The molecule has 0 aliphatic carbocycles. The molecule has 2 heterocycles. The van der Waals surface area contributed by atoms with E-state index < -0.39 is 5.91 Å². The minimum absolute atomic E-state index is 0.0829. The second kappa shape index (κ2) is 11.3. The largest absolute Gasteiger partial charge is 0.494 e. The first-order chi connectivity index (χ1) is 17.8. The molecule has 9 nitrogen and oxygen atoms in total. The third-order valence-corrected chi connectivity index (χ3v) is 6.69. The van der Waals surface area contributed by atoms with Crippen molar-refractivity contribution >= 4 is 29.5 Å². The lowest BCUT2D eigenvalue weighted by atomic mass is 10.1. The van der Waals surface area contributed by atoms with Crippen LogP contribution in [-0.4, -0.2) is 54.6 Å². The first-order valence-electron chi connectivity index (χ1n) is 12.6. The molecule has 2 amide bonds. The van der Waals surface area contributed by atoms with Crippen molar-refractivity contribution in [3.63, 3.8) is 0 Å². The first kappa shape index (κ1) is 25.9. The Morgan fingerprint density at radius 2 is 1.95 bits per heavy atom. The van der Waals surface area contributed by atoms with Gasteiger partial charge in [-0.1, -0.05) is 0 Å². The Labute approximate surface area is 216 Å². The van der Waals surface area contributed by atoms with Gasteiger partial charge in [0.05, 0.1) is 12.3 Å². The summed E-state index contributed by atoms with van der Waals surface area (Å²) in [6.07, 6.45) is 3.65. The molecule has 1 aliphatic rings. The molecule has 0 radical (unpaired) electrons. The number of aromatic nitrogens is 2. The van der Waals surface area contributed by atoms with Crippen molar-refractivity contribution in [2.45, 2.75) is 39.5 Å². The van der Waals surface area contributed by atoms with Gasteiger partial charge >= 0.3 is 0 Å². The van der Waals surface area contributed by atoms with Crippen LogP contribution in [0, 0.1) is 6.92 Å². The third-order valence-electron chi connectivity index (χ3n) is 6.69. The number of anilines is 2. The van der Waals surface area contributed by atoms with Crippen molar-refractivity contribution in [3.05, 3.63) is 65.0 Å². The topological polar surface area (TPSA) is 111 Å². The molecule has 1 fully saturated rings. The molecule has 194 valence electrons. The summed E-state index contributed by atoms with van der Waals surface area (Å²) < 4.78 is 6.94. The molecular weight excluding hydrogens is 470 g/mol. The SMILES string of the molecule is CCOc1ccc(-n2nc(C(N)=O)c(CCN(C)c3ccc(N4CCCCC4=O)c(C)c3)c2C=O)cc1. The lowest BCUT2D eigenvalue weighted by Gasteiger charge is -2.29. The number of ether oxygens (including phenoxy) is 1. The lowest BCUT2D eigenvalue weighted by Crippen LogP contribution is -2.35. The quantitative estimate of drug-likeness (QED) is 0.423. The molecule has 3 aromatic rings. The summed E-state index contributed by atoms with van der Waals surface area (Å²) in [4.78, 5) is 40.6. The summed E-state index contributed by atoms with van der Waals surface area (Å²) >= 11 is 0. The highest BCUT2D eigenvalue weighted by Crippen LogP contribution is 2.29. The van der Waals surface area contributed by atoms with Gasteiger partial charge in [-0.05, 0) is 81.1 Å². The Kier molecular flexibility index (Phi) is 7.91. The first-order valence-corrected chi connectivity index (χ1v) is 12.6. The number of piperidine rings is 1. The van der Waals surface area contributed by atoms with Gasteiger partial charge in [0.25, 0.3) is 5.91 Å². The van der Waals surface area contributed by atoms with E-state index in [-0.39, 0.29) is 11.6 Å². The fourth-order valence-electron chi connectivity index (χ4n) is 4.73. The summed E-state index contributed by atoms with van der Waals surface area (Å²) in [7, 11) is 1.95. The van der Waals surface area contributed by atoms with Crippen molar-refractivity contribution in [2.75, 3.05) is 36.5 Å². The normalized spacial score (nSPS) is 13.5. The summed E-state index contributed by atoms with van der Waals surface area (Å²) in [6, 6.07) is 13.2. The Morgan fingerprint density at radius 3 is 2.57 bits per heavy atom. The average Bonchev–Trinajstić information content (AvgIpc) is 3.27. The van der Waals surface area contributed by atoms with E-state index in [1.807, 2.05) is 42.8 Å². The average molecular weight is 504 g/mol. The van der Waals surface area contributed by atoms with Crippen LogP contribution < -0.4 is 20.3 Å². The number of amides is 2. The molecule has 2 aromatic carbocycles. The standard InChI is InChI=1S/C28H33N5O4/c1-4-37-22-11-8-20(9-12-22)33-25(18-34)23(27(30-33)28(29)36)14-16-31(3)21-10-13-24(19(2)17-21)32-15-6-5-7-26(32)35/h8-13,17-18H,4-7,14-16H2,1-3H3,(H2,29,36). The molecule has 37 heavy (non-hydrogen) atoms. The number of nitrogens with zero attached hydrogens (tertiary/aromatic N) is 4. The van der Waals surface area contributed by atoms with E-state index in [4.69, 9.17) is 10.5 Å². The fraction of sp³-hybridized carbons (Fsp3) is 0.357. The number of aldehydes is 1. The zero-order valence-corrected chi connectivity index (χ0v) is 21.6. The lowest BCUT2D eigenvalue weighted by molar-refractivity contribution is -0.119. The highest BCUT2D eigenvalue weighted by molar-refractivity contribution is 5.95. The second-order valence-corrected chi connectivity index (χ2v) is 9.18. The van der Waals surface area contributed by atoms with Crippen molar-refractivity contribution in [3.8, 4) is 11.4 Å². The molecule has 0 spiro atoms. The molecule has 1 saturated heterocycles. The fourth-order valence-corrected chi connectivity index (χ4v) is 4.73. The number of nitrogens with two attached hydrogens (primary N) is 1. The van der Waals surface area contributed by atoms with Gasteiger partial charge in [-0.15, -0.1) is 0 Å². The minimum atomic E-state index is -0.683. The zero-order valence-electron chi connectivity index (χ0n) is 21.6. The van der Waals surface area contributed by atoms with Crippen LogP contribution in [0.4, 0.5) is 11.4 Å². The third kappa shape index (κ3) is 5.50. The Balaban J connectivity index is 1.55. The van der Waals surface area contributed by atoms with Crippen LogP contribution in [0.25, 0.3) is 5.69 Å². The summed E-state index contributed by atoms with van der Waals surface area (Å²) in [5, 5.41) is 4.38. The number of carbonyl (C=O) groups is 3. The highest BCUT2D eigenvalue weighted by atomic mass is 16.5. The van der Waals surface area contributed by atoms with Gasteiger partial charge in [-0.3, -0.25) is 14.4 Å². The predicted octanol–water partition coefficient (Wildman–Crippen LogP) is 3.69.